The zero-order chi connectivity index (χ0) is 26.6. The highest BCUT2D eigenvalue weighted by Gasteiger charge is 2.28. The lowest BCUT2D eigenvalue weighted by molar-refractivity contribution is -0.667. The van der Waals surface area contributed by atoms with E-state index in [1.165, 1.54) is 12.8 Å². The largest absolute Gasteiger partial charge is 0.493 e. The maximum absolute atomic E-state index is 13.4. The number of nitrogens with one attached hydrogen (secondary N) is 1. The van der Waals surface area contributed by atoms with Gasteiger partial charge in [0.05, 0.1) is 19.8 Å². The van der Waals surface area contributed by atoms with Gasteiger partial charge in [-0.05, 0) is 62.4 Å². The highest BCUT2D eigenvalue weighted by atomic mass is 16.5. The molecule has 1 saturated carbocycles. The molecule has 1 amide bonds. The lowest BCUT2D eigenvalue weighted by atomic mass is 10.2. The standard InChI is InChI=1S/C30H35N5O3/c1-5-35(30(36)22-11-7-6-8-12-22)28-26-29(33-27(32-26)20(2)3)34(19-31-28)18-21-15-16-24(37-4)25(17-21)38-23-13-9-10-14-23/h6-8,11-12,15-17,19-20,23H,5,9-10,13-14,18H2,1-4H3/p+1. The summed E-state index contributed by atoms with van der Waals surface area (Å²) in [5, 5.41) is 0. The molecule has 198 valence electrons. The molecule has 0 unspecified atom stereocenters. The van der Waals surface area contributed by atoms with Crippen LogP contribution in [0.3, 0.4) is 0 Å². The van der Waals surface area contributed by atoms with E-state index in [0.717, 1.165) is 46.9 Å². The van der Waals surface area contributed by atoms with E-state index in [2.05, 4.69) is 24.9 Å². The first-order valence-electron chi connectivity index (χ1n) is 13.5. The molecule has 0 atom stereocenters. The number of carbonyl (C=O) groups excluding carboxylic acids is 1. The molecule has 0 saturated heterocycles. The van der Waals surface area contributed by atoms with Gasteiger partial charge in [0.2, 0.25) is 12.1 Å². The van der Waals surface area contributed by atoms with Gasteiger partial charge in [-0.2, -0.15) is 0 Å². The van der Waals surface area contributed by atoms with Crippen LogP contribution < -0.4 is 18.9 Å². The van der Waals surface area contributed by atoms with Crippen LogP contribution in [0.4, 0.5) is 5.82 Å². The Morgan fingerprint density at radius 3 is 2.58 bits per heavy atom. The van der Waals surface area contributed by atoms with E-state index >= 15 is 0 Å². The number of hydrogen-bond donors (Lipinski definition) is 1. The summed E-state index contributed by atoms with van der Waals surface area (Å²) in [5.74, 6) is 3.04. The van der Waals surface area contributed by atoms with Crippen LogP contribution in [0.2, 0.25) is 0 Å². The predicted molar refractivity (Wildman–Crippen MR) is 147 cm³/mol. The Balaban J connectivity index is 1.52. The van der Waals surface area contributed by atoms with Crippen molar-refractivity contribution >= 4 is 22.9 Å². The van der Waals surface area contributed by atoms with Crippen LogP contribution in [0, 0.1) is 0 Å². The highest BCUT2D eigenvalue weighted by Crippen LogP contribution is 2.33. The van der Waals surface area contributed by atoms with Crippen molar-refractivity contribution in [2.24, 2.45) is 0 Å². The third kappa shape index (κ3) is 5.21. The molecule has 1 aliphatic carbocycles. The SMILES string of the molecule is CCN(C(=O)c1ccccc1)c1nc[n+](Cc2ccc(OC)c(OC3CCCC3)c2)c2nc(C(C)C)[nH]c12. The summed E-state index contributed by atoms with van der Waals surface area (Å²) in [4.78, 5) is 28.3. The fourth-order valence-corrected chi connectivity index (χ4v) is 5.00. The number of ether oxygens (including phenoxy) is 2. The second kappa shape index (κ2) is 11.2. The van der Waals surface area contributed by atoms with E-state index in [0.29, 0.717) is 24.5 Å². The van der Waals surface area contributed by atoms with Gasteiger partial charge in [-0.3, -0.25) is 9.69 Å². The summed E-state index contributed by atoms with van der Waals surface area (Å²) >= 11 is 0. The molecular weight excluding hydrogens is 478 g/mol. The summed E-state index contributed by atoms with van der Waals surface area (Å²) in [6, 6.07) is 15.4. The van der Waals surface area contributed by atoms with Crippen molar-refractivity contribution in [2.45, 2.75) is 65.0 Å². The average Bonchev–Trinajstić information content (AvgIpc) is 3.62. The minimum absolute atomic E-state index is 0.0933. The summed E-state index contributed by atoms with van der Waals surface area (Å²) in [6.07, 6.45) is 6.58. The monoisotopic (exact) mass is 514 g/mol. The molecule has 5 rings (SSSR count). The molecule has 0 bridgehead atoms. The lowest BCUT2D eigenvalue weighted by Gasteiger charge is -2.18. The van der Waals surface area contributed by atoms with Gasteiger partial charge in [-0.1, -0.05) is 48.1 Å². The number of carbonyl (C=O) groups is 1. The number of nitrogens with zero attached hydrogens (tertiary/aromatic N) is 4. The summed E-state index contributed by atoms with van der Waals surface area (Å²) in [7, 11) is 1.67. The molecule has 1 aliphatic rings. The third-order valence-corrected chi connectivity index (χ3v) is 7.08. The number of aromatic nitrogens is 4. The Hall–Kier alpha value is -3.94. The number of benzene rings is 2. The van der Waals surface area contributed by atoms with E-state index in [4.69, 9.17) is 19.4 Å². The molecular formula is C30H36N5O3+. The van der Waals surface area contributed by atoms with E-state index in [9.17, 15) is 4.79 Å². The number of hydrogen-bond acceptors (Lipinski definition) is 5. The number of aromatic amines is 1. The number of H-pyrrole nitrogens is 1. The molecule has 8 heteroatoms. The van der Waals surface area contributed by atoms with E-state index in [-0.39, 0.29) is 17.9 Å². The number of rotatable bonds is 9. The van der Waals surface area contributed by atoms with Gasteiger partial charge in [0.15, 0.2) is 22.8 Å². The van der Waals surface area contributed by atoms with Crippen molar-refractivity contribution in [2.75, 3.05) is 18.6 Å². The number of methoxy groups -OCH3 is 1. The summed E-state index contributed by atoms with van der Waals surface area (Å²) < 4.78 is 13.9. The number of imidazole rings is 1. The zero-order valence-electron chi connectivity index (χ0n) is 22.6. The van der Waals surface area contributed by atoms with Gasteiger partial charge in [0, 0.05) is 18.0 Å². The topological polar surface area (TPSA) is 84.2 Å². The predicted octanol–water partition coefficient (Wildman–Crippen LogP) is 5.41. The van der Waals surface area contributed by atoms with Gasteiger partial charge >= 0.3 is 0 Å². The van der Waals surface area contributed by atoms with Crippen molar-refractivity contribution < 1.29 is 18.8 Å². The van der Waals surface area contributed by atoms with E-state index < -0.39 is 0 Å². The smallest absolute Gasteiger partial charge is 0.294 e. The zero-order valence-corrected chi connectivity index (χ0v) is 22.6. The first-order valence-corrected chi connectivity index (χ1v) is 13.5. The van der Waals surface area contributed by atoms with E-state index in [1.54, 1.807) is 18.3 Å². The van der Waals surface area contributed by atoms with Crippen LogP contribution in [0.15, 0.2) is 54.9 Å². The number of amides is 1. The van der Waals surface area contributed by atoms with Crippen LogP contribution in [0.1, 0.15) is 74.1 Å². The number of anilines is 1. The van der Waals surface area contributed by atoms with Crippen molar-refractivity contribution in [1.29, 1.82) is 0 Å². The molecule has 0 spiro atoms. The molecule has 1 N–H and O–H groups in total. The minimum atomic E-state index is -0.0933. The highest BCUT2D eigenvalue weighted by molar-refractivity contribution is 6.08. The molecule has 0 radical (unpaired) electrons. The van der Waals surface area contributed by atoms with Crippen LogP contribution in [0.5, 0.6) is 11.5 Å². The van der Waals surface area contributed by atoms with Crippen molar-refractivity contribution in [1.82, 2.24) is 15.0 Å². The van der Waals surface area contributed by atoms with Gasteiger partial charge in [0.25, 0.3) is 11.6 Å². The van der Waals surface area contributed by atoms with Gasteiger partial charge in [-0.15, -0.1) is 0 Å². The first-order chi connectivity index (χ1) is 18.5. The summed E-state index contributed by atoms with van der Waals surface area (Å²) in [5.41, 5.74) is 3.18. The maximum atomic E-state index is 13.4. The van der Waals surface area contributed by atoms with E-state index in [1.807, 2.05) is 54.0 Å². The van der Waals surface area contributed by atoms with Crippen molar-refractivity contribution in [3.8, 4) is 11.5 Å². The Morgan fingerprint density at radius 1 is 1.13 bits per heavy atom. The van der Waals surface area contributed by atoms with Gasteiger partial charge in [-0.25, -0.2) is 4.57 Å². The average molecular weight is 515 g/mol. The molecule has 4 aromatic rings. The van der Waals surface area contributed by atoms with Crippen molar-refractivity contribution in [3.05, 3.63) is 71.8 Å². The molecule has 2 aromatic carbocycles. The Kier molecular flexibility index (Phi) is 7.58. The molecule has 2 aromatic heterocycles. The fourth-order valence-electron chi connectivity index (χ4n) is 5.00. The fraction of sp³-hybridized carbons (Fsp3) is 0.400. The Labute approximate surface area is 223 Å². The normalized spacial score (nSPS) is 13.8. The minimum Gasteiger partial charge on any atom is -0.493 e. The lowest BCUT2D eigenvalue weighted by Crippen LogP contribution is -2.38. The quantitative estimate of drug-likeness (QED) is 0.302. The Bertz CT molecular complexity index is 1410. The van der Waals surface area contributed by atoms with Gasteiger partial charge in [0.1, 0.15) is 0 Å². The van der Waals surface area contributed by atoms with Gasteiger partial charge < -0.3 is 14.5 Å². The third-order valence-electron chi connectivity index (χ3n) is 7.08. The van der Waals surface area contributed by atoms with Crippen molar-refractivity contribution in [3.63, 3.8) is 0 Å². The molecule has 1 fully saturated rings. The van der Waals surface area contributed by atoms with Crippen LogP contribution in [0.25, 0.3) is 11.2 Å². The maximum Gasteiger partial charge on any atom is 0.294 e. The Morgan fingerprint density at radius 2 is 1.89 bits per heavy atom. The second-order valence-corrected chi connectivity index (χ2v) is 10.1. The number of fused-ring (bicyclic) bond motifs is 1. The van der Waals surface area contributed by atoms with Crippen LogP contribution >= 0.6 is 0 Å². The molecule has 0 aliphatic heterocycles. The van der Waals surface area contributed by atoms with Crippen LogP contribution in [-0.4, -0.2) is 40.6 Å². The molecule has 2 heterocycles. The molecule has 38 heavy (non-hydrogen) atoms. The summed E-state index contributed by atoms with van der Waals surface area (Å²) in [6.45, 7) is 7.18. The molecule has 8 nitrogen and oxygen atoms in total. The second-order valence-electron chi connectivity index (χ2n) is 10.1. The first kappa shape index (κ1) is 25.7. The van der Waals surface area contributed by atoms with Crippen LogP contribution in [-0.2, 0) is 6.54 Å².